The van der Waals surface area contributed by atoms with Crippen molar-refractivity contribution in [2.75, 3.05) is 5.32 Å². The van der Waals surface area contributed by atoms with Gasteiger partial charge in [0.2, 0.25) is 5.91 Å². The van der Waals surface area contributed by atoms with E-state index in [-0.39, 0.29) is 12.5 Å². The van der Waals surface area contributed by atoms with Gasteiger partial charge in [-0.1, -0.05) is 42.5 Å². The first-order chi connectivity index (χ1) is 8.78. The van der Waals surface area contributed by atoms with Crippen molar-refractivity contribution < 1.29 is 9.90 Å². The number of aliphatic hydroxyl groups excluding tert-OH is 1. The van der Waals surface area contributed by atoms with Crippen LogP contribution in [0.15, 0.2) is 54.6 Å². The highest BCUT2D eigenvalue weighted by Crippen LogP contribution is 2.11. The van der Waals surface area contributed by atoms with Gasteiger partial charge in [-0.3, -0.25) is 4.79 Å². The fraction of sp³-hybridized carbons (Fsp3) is 0.133. The Morgan fingerprint density at radius 1 is 1.00 bits per heavy atom. The maximum absolute atomic E-state index is 11.8. The van der Waals surface area contributed by atoms with Crippen LogP contribution in [0.2, 0.25) is 0 Å². The van der Waals surface area contributed by atoms with Crippen LogP contribution in [0.25, 0.3) is 0 Å². The molecule has 18 heavy (non-hydrogen) atoms. The molecule has 0 aliphatic carbocycles. The summed E-state index contributed by atoms with van der Waals surface area (Å²) in [6.07, 6.45) is 0.351. The van der Waals surface area contributed by atoms with Crippen LogP contribution in [-0.2, 0) is 17.8 Å². The molecular formula is C15H15NO2. The van der Waals surface area contributed by atoms with Crippen LogP contribution in [0.1, 0.15) is 11.1 Å². The molecular weight excluding hydrogens is 226 g/mol. The summed E-state index contributed by atoms with van der Waals surface area (Å²) >= 11 is 0. The molecule has 92 valence electrons. The summed E-state index contributed by atoms with van der Waals surface area (Å²) in [5.74, 6) is -0.0590. The lowest BCUT2D eigenvalue weighted by Crippen LogP contribution is -2.14. The van der Waals surface area contributed by atoms with Crippen LogP contribution >= 0.6 is 0 Å². The average Bonchev–Trinajstić information content (AvgIpc) is 2.40. The Morgan fingerprint density at radius 3 is 2.44 bits per heavy atom. The lowest BCUT2D eigenvalue weighted by Gasteiger charge is -2.06. The molecule has 0 bridgehead atoms. The average molecular weight is 241 g/mol. The van der Waals surface area contributed by atoms with Crippen molar-refractivity contribution in [1.82, 2.24) is 0 Å². The van der Waals surface area contributed by atoms with E-state index in [0.717, 1.165) is 11.1 Å². The van der Waals surface area contributed by atoms with Crippen molar-refractivity contribution in [2.45, 2.75) is 13.0 Å². The summed E-state index contributed by atoms with van der Waals surface area (Å²) < 4.78 is 0. The molecule has 0 saturated heterocycles. The molecule has 0 aromatic heterocycles. The van der Waals surface area contributed by atoms with Gasteiger partial charge in [0, 0.05) is 5.69 Å². The minimum absolute atomic E-state index is 0.0254. The summed E-state index contributed by atoms with van der Waals surface area (Å²) in [5, 5.41) is 11.8. The topological polar surface area (TPSA) is 49.3 Å². The summed E-state index contributed by atoms with van der Waals surface area (Å²) in [4.78, 5) is 11.8. The normalized spacial score (nSPS) is 10.1. The molecule has 2 aromatic rings. The molecule has 2 rings (SSSR count). The second-order valence-electron chi connectivity index (χ2n) is 4.07. The molecule has 3 heteroatoms. The standard InChI is InChI=1S/C15H15NO2/c17-11-13-7-4-8-14(9-13)16-15(18)10-12-5-2-1-3-6-12/h1-9,17H,10-11H2,(H,16,18). The molecule has 2 aromatic carbocycles. The van der Waals surface area contributed by atoms with Gasteiger partial charge in [0.05, 0.1) is 13.0 Å². The number of hydrogen-bond acceptors (Lipinski definition) is 2. The van der Waals surface area contributed by atoms with Crippen LogP contribution in [0, 0.1) is 0 Å². The van der Waals surface area contributed by atoms with Crippen LogP contribution in [0.5, 0.6) is 0 Å². The Kier molecular flexibility index (Phi) is 4.10. The highest BCUT2D eigenvalue weighted by molar-refractivity contribution is 5.92. The second kappa shape index (κ2) is 5.98. The van der Waals surface area contributed by atoms with Crippen molar-refractivity contribution in [3.05, 3.63) is 65.7 Å². The molecule has 1 amide bonds. The number of carbonyl (C=O) groups excluding carboxylic acids is 1. The van der Waals surface area contributed by atoms with E-state index in [1.807, 2.05) is 48.5 Å². The monoisotopic (exact) mass is 241 g/mol. The minimum Gasteiger partial charge on any atom is -0.392 e. The summed E-state index contributed by atoms with van der Waals surface area (Å²) in [5.41, 5.74) is 2.48. The quantitative estimate of drug-likeness (QED) is 0.863. The largest absolute Gasteiger partial charge is 0.392 e. The maximum Gasteiger partial charge on any atom is 0.228 e. The Morgan fingerprint density at radius 2 is 1.72 bits per heavy atom. The highest BCUT2D eigenvalue weighted by Gasteiger charge is 2.03. The zero-order valence-electron chi connectivity index (χ0n) is 9.97. The van der Waals surface area contributed by atoms with Crippen LogP contribution < -0.4 is 5.32 Å². The van der Waals surface area contributed by atoms with Crippen molar-refractivity contribution in [2.24, 2.45) is 0 Å². The van der Waals surface area contributed by atoms with Gasteiger partial charge in [-0.05, 0) is 23.3 Å². The van der Waals surface area contributed by atoms with Gasteiger partial charge < -0.3 is 10.4 Å². The maximum atomic E-state index is 11.8. The predicted octanol–water partition coefficient (Wildman–Crippen LogP) is 2.36. The number of carbonyl (C=O) groups is 1. The molecule has 0 aliphatic rings. The number of nitrogens with one attached hydrogen (secondary N) is 1. The van der Waals surface area contributed by atoms with Gasteiger partial charge in [-0.15, -0.1) is 0 Å². The van der Waals surface area contributed by atoms with Gasteiger partial charge in [0.15, 0.2) is 0 Å². The lowest BCUT2D eigenvalue weighted by molar-refractivity contribution is -0.115. The molecule has 0 heterocycles. The van der Waals surface area contributed by atoms with Gasteiger partial charge in [-0.25, -0.2) is 0 Å². The number of amides is 1. The third-order valence-electron chi connectivity index (χ3n) is 2.60. The summed E-state index contributed by atoms with van der Waals surface area (Å²) in [6.45, 7) is -0.0254. The van der Waals surface area contributed by atoms with Crippen LogP contribution in [-0.4, -0.2) is 11.0 Å². The van der Waals surface area contributed by atoms with E-state index in [0.29, 0.717) is 12.1 Å². The van der Waals surface area contributed by atoms with Crippen molar-refractivity contribution in [1.29, 1.82) is 0 Å². The molecule has 0 atom stereocenters. The Labute approximate surface area is 106 Å². The summed E-state index contributed by atoms with van der Waals surface area (Å²) in [7, 11) is 0. The molecule has 0 unspecified atom stereocenters. The first kappa shape index (κ1) is 12.3. The van der Waals surface area contributed by atoms with E-state index in [2.05, 4.69) is 5.32 Å². The van der Waals surface area contributed by atoms with E-state index < -0.39 is 0 Å². The highest BCUT2D eigenvalue weighted by atomic mass is 16.3. The summed E-state index contributed by atoms with van der Waals surface area (Å²) in [6, 6.07) is 16.8. The predicted molar refractivity (Wildman–Crippen MR) is 71.1 cm³/mol. The second-order valence-corrected chi connectivity index (χ2v) is 4.07. The van der Waals surface area contributed by atoms with Gasteiger partial charge >= 0.3 is 0 Å². The van der Waals surface area contributed by atoms with Gasteiger partial charge in [0.1, 0.15) is 0 Å². The Hall–Kier alpha value is -2.13. The Bertz CT molecular complexity index is 523. The molecule has 3 nitrogen and oxygen atoms in total. The smallest absolute Gasteiger partial charge is 0.228 e. The minimum atomic E-state index is -0.0590. The van der Waals surface area contributed by atoms with Crippen molar-refractivity contribution >= 4 is 11.6 Å². The van der Waals surface area contributed by atoms with Gasteiger partial charge in [-0.2, -0.15) is 0 Å². The zero-order chi connectivity index (χ0) is 12.8. The third kappa shape index (κ3) is 3.43. The number of rotatable bonds is 4. The number of anilines is 1. The van der Waals surface area contributed by atoms with E-state index in [1.54, 1.807) is 6.07 Å². The molecule has 2 N–H and O–H groups in total. The molecule has 0 radical (unpaired) electrons. The van der Waals surface area contributed by atoms with Crippen LogP contribution in [0.3, 0.4) is 0 Å². The first-order valence-electron chi connectivity index (χ1n) is 5.81. The van der Waals surface area contributed by atoms with Crippen LogP contribution in [0.4, 0.5) is 5.69 Å². The molecule has 0 spiro atoms. The SMILES string of the molecule is O=C(Cc1ccccc1)Nc1cccc(CO)c1. The number of benzene rings is 2. The fourth-order valence-electron chi connectivity index (χ4n) is 1.73. The van der Waals surface area contributed by atoms with E-state index in [4.69, 9.17) is 5.11 Å². The van der Waals surface area contributed by atoms with E-state index >= 15 is 0 Å². The first-order valence-corrected chi connectivity index (χ1v) is 5.81. The Balaban J connectivity index is 1.99. The van der Waals surface area contributed by atoms with E-state index in [1.165, 1.54) is 0 Å². The zero-order valence-corrected chi connectivity index (χ0v) is 9.97. The van der Waals surface area contributed by atoms with Crippen molar-refractivity contribution in [3.63, 3.8) is 0 Å². The number of aliphatic hydroxyl groups is 1. The molecule has 0 saturated carbocycles. The van der Waals surface area contributed by atoms with Crippen molar-refractivity contribution in [3.8, 4) is 0 Å². The van der Waals surface area contributed by atoms with E-state index in [9.17, 15) is 4.79 Å². The molecule has 0 aliphatic heterocycles. The number of hydrogen-bond donors (Lipinski definition) is 2. The lowest BCUT2D eigenvalue weighted by atomic mass is 10.1. The fourth-order valence-corrected chi connectivity index (χ4v) is 1.73. The van der Waals surface area contributed by atoms with Gasteiger partial charge in [0.25, 0.3) is 0 Å². The third-order valence-corrected chi connectivity index (χ3v) is 2.60. The molecule has 0 fully saturated rings.